The predicted octanol–water partition coefficient (Wildman–Crippen LogP) is 12.5. The van der Waals surface area contributed by atoms with E-state index in [9.17, 15) is 0 Å². The average Bonchev–Trinajstić information content (AvgIpc) is 3.59. The monoisotopic (exact) mass is 678 g/mol. The van der Waals surface area contributed by atoms with Crippen molar-refractivity contribution in [2.24, 2.45) is 5.92 Å². The van der Waals surface area contributed by atoms with Crippen molar-refractivity contribution in [2.75, 3.05) is 0 Å². The lowest BCUT2D eigenvalue weighted by Gasteiger charge is -2.32. The van der Waals surface area contributed by atoms with Gasteiger partial charge in [0.05, 0.1) is 28.1 Å². The van der Waals surface area contributed by atoms with Crippen LogP contribution in [-0.4, -0.2) is 19.3 Å². The lowest BCUT2D eigenvalue weighted by Crippen LogP contribution is -2.24. The average molecular weight is 679 g/mol. The third-order valence-electron chi connectivity index (χ3n) is 10.7. The number of ether oxygens (including phenoxy) is 1. The number of rotatable bonds is 7. The Morgan fingerprint density at radius 3 is 2.31 bits per heavy atom. The summed E-state index contributed by atoms with van der Waals surface area (Å²) in [7, 11) is 0. The summed E-state index contributed by atoms with van der Waals surface area (Å²) in [5, 5.41) is 7.70. The normalized spacial score (nSPS) is 16.9. The Kier molecular flexibility index (Phi) is 8.98. The molecule has 0 radical (unpaired) electrons. The van der Waals surface area contributed by atoms with Crippen molar-refractivity contribution in [1.29, 1.82) is 0 Å². The fourth-order valence-electron chi connectivity index (χ4n) is 8.27. The first kappa shape index (κ1) is 34.8. The predicted molar refractivity (Wildman–Crippen MR) is 213 cm³/mol. The van der Waals surface area contributed by atoms with Crippen LogP contribution in [0.15, 0.2) is 90.6 Å². The highest BCUT2D eigenvalue weighted by Gasteiger charge is 2.35. The number of aryl methyl sites for hydroxylation is 2. The van der Waals surface area contributed by atoms with Gasteiger partial charge in [-0.15, -0.1) is 0 Å². The summed E-state index contributed by atoms with van der Waals surface area (Å²) in [6, 6.07) is 26.1. The standard InChI is InChI=1S/C46H54N4O/c1-11-15-32-22-23-47-41(24-32)49-39-19-13-12-18-37(39)38-21-20-35(28-40(38)49)51-36-26-33(45(5,6)7)25-34(27-36)50-44(46(8,9)10)43(31(4)48-50)42-29(2)16-14-17-30(42)3/h12-13,16,18-28,30,42H,11,14-15,17H2,1-10H3/t30-,42-/m0/s1. The summed E-state index contributed by atoms with van der Waals surface area (Å²) >= 11 is 0. The van der Waals surface area contributed by atoms with Crippen molar-refractivity contribution in [3.05, 3.63) is 119 Å². The van der Waals surface area contributed by atoms with E-state index in [4.69, 9.17) is 14.8 Å². The summed E-state index contributed by atoms with van der Waals surface area (Å²) in [6.45, 7) is 22.9. The molecule has 5 heteroatoms. The smallest absolute Gasteiger partial charge is 0.137 e. The fraction of sp³-hybridized carbons (Fsp3) is 0.391. The van der Waals surface area contributed by atoms with E-state index in [-0.39, 0.29) is 10.8 Å². The van der Waals surface area contributed by atoms with Crippen LogP contribution in [0.2, 0.25) is 0 Å². The van der Waals surface area contributed by atoms with Crippen LogP contribution in [0, 0.1) is 12.8 Å². The largest absolute Gasteiger partial charge is 0.457 e. The molecule has 2 atom stereocenters. The quantitative estimate of drug-likeness (QED) is 0.158. The van der Waals surface area contributed by atoms with Crippen LogP contribution >= 0.6 is 0 Å². The number of allylic oxidation sites excluding steroid dienone is 2. The molecule has 0 fully saturated rings. The van der Waals surface area contributed by atoms with Gasteiger partial charge in [-0.1, -0.05) is 91.7 Å². The summed E-state index contributed by atoms with van der Waals surface area (Å²) in [4.78, 5) is 4.85. The minimum Gasteiger partial charge on any atom is -0.457 e. The molecular weight excluding hydrogens is 625 g/mol. The number of pyridine rings is 1. The number of para-hydroxylation sites is 1. The van der Waals surface area contributed by atoms with E-state index >= 15 is 0 Å². The number of nitrogens with zero attached hydrogens (tertiary/aromatic N) is 4. The second-order valence-electron chi connectivity index (χ2n) is 16.9. The SMILES string of the molecule is CCCc1ccnc(-n2c3ccccc3c3ccc(Oc4cc(-n5nc(C)c([C@H]6C(C)=CCC[C@@H]6C)c5C(C)(C)C)cc(C(C)(C)C)c4)cc32)c1. The lowest BCUT2D eigenvalue weighted by molar-refractivity contribution is 0.437. The van der Waals surface area contributed by atoms with Gasteiger partial charge in [-0.3, -0.25) is 4.57 Å². The second kappa shape index (κ2) is 13.2. The molecule has 0 saturated heterocycles. The van der Waals surface area contributed by atoms with Crippen LogP contribution in [0.3, 0.4) is 0 Å². The lowest BCUT2D eigenvalue weighted by atomic mass is 9.72. The molecule has 1 aliphatic rings. The first-order valence-electron chi connectivity index (χ1n) is 18.8. The van der Waals surface area contributed by atoms with E-state index in [1.165, 1.54) is 45.2 Å². The summed E-state index contributed by atoms with van der Waals surface area (Å²) in [6.07, 6.45) is 8.85. The van der Waals surface area contributed by atoms with Gasteiger partial charge in [-0.2, -0.15) is 5.10 Å². The molecule has 0 amide bonds. The Bertz CT molecular complexity index is 2270. The molecule has 3 aromatic heterocycles. The zero-order chi connectivity index (χ0) is 36.2. The van der Waals surface area contributed by atoms with Crippen LogP contribution in [-0.2, 0) is 17.3 Å². The van der Waals surface area contributed by atoms with Gasteiger partial charge in [0, 0.05) is 46.0 Å². The Labute approximate surface area is 304 Å². The molecule has 0 unspecified atom stereocenters. The molecule has 7 rings (SSSR count). The van der Waals surface area contributed by atoms with Crippen LogP contribution in [0.1, 0.15) is 116 Å². The van der Waals surface area contributed by atoms with Gasteiger partial charge in [0.25, 0.3) is 0 Å². The second-order valence-corrected chi connectivity index (χ2v) is 16.9. The third-order valence-corrected chi connectivity index (χ3v) is 10.7. The molecule has 3 heterocycles. The topological polar surface area (TPSA) is 44.9 Å². The van der Waals surface area contributed by atoms with Crippen LogP contribution in [0.5, 0.6) is 11.5 Å². The van der Waals surface area contributed by atoms with Crippen molar-refractivity contribution in [2.45, 2.75) is 112 Å². The molecule has 3 aromatic carbocycles. The van der Waals surface area contributed by atoms with Gasteiger partial charge < -0.3 is 4.74 Å². The molecule has 0 N–H and O–H groups in total. The van der Waals surface area contributed by atoms with E-state index in [0.29, 0.717) is 11.8 Å². The summed E-state index contributed by atoms with van der Waals surface area (Å²) < 4.78 is 11.4. The van der Waals surface area contributed by atoms with Crippen molar-refractivity contribution in [1.82, 2.24) is 19.3 Å². The van der Waals surface area contributed by atoms with Crippen LogP contribution in [0.25, 0.3) is 33.3 Å². The molecule has 1 aliphatic carbocycles. The van der Waals surface area contributed by atoms with Gasteiger partial charge in [0.2, 0.25) is 0 Å². The highest BCUT2D eigenvalue weighted by Crippen LogP contribution is 2.45. The minimum atomic E-state index is -0.117. The molecule has 264 valence electrons. The Hall–Kier alpha value is -4.64. The van der Waals surface area contributed by atoms with E-state index in [1.54, 1.807) is 0 Å². The van der Waals surface area contributed by atoms with Gasteiger partial charge in [0.15, 0.2) is 0 Å². The Balaban J connectivity index is 1.37. The van der Waals surface area contributed by atoms with Crippen molar-refractivity contribution in [3.63, 3.8) is 0 Å². The highest BCUT2D eigenvalue weighted by atomic mass is 16.5. The number of hydrogen-bond donors (Lipinski definition) is 0. The van der Waals surface area contributed by atoms with E-state index < -0.39 is 0 Å². The minimum absolute atomic E-state index is 0.0934. The molecule has 51 heavy (non-hydrogen) atoms. The van der Waals surface area contributed by atoms with Crippen LogP contribution < -0.4 is 4.74 Å². The number of aromatic nitrogens is 4. The number of benzene rings is 3. The zero-order valence-electron chi connectivity index (χ0n) is 32.3. The Morgan fingerprint density at radius 1 is 0.824 bits per heavy atom. The van der Waals surface area contributed by atoms with E-state index in [0.717, 1.165) is 59.0 Å². The molecule has 0 spiro atoms. The van der Waals surface area contributed by atoms with Crippen molar-refractivity contribution in [3.8, 4) is 23.0 Å². The summed E-state index contributed by atoms with van der Waals surface area (Å²) in [5.74, 6) is 3.47. The highest BCUT2D eigenvalue weighted by molar-refractivity contribution is 6.09. The molecule has 6 aromatic rings. The molecule has 0 saturated carbocycles. The zero-order valence-corrected chi connectivity index (χ0v) is 32.3. The Morgan fingerprint density at radius 2 is 1.59 bits per heavy atom. The molecule has 0 bridgehead atoms. The van der Waals surface area contributed by atoms with E-state index in [1.807, 2.05) is 6.20 Å². The van der Waals surface area contributed by atoms with Crippen molar-refractivity contribution >= 4 is 21.8 Å². The fourth-order valence-corrected chi connectivity index (χ4v) is 8.27. The van der Waals surface area contributed by atoms with Crippen LogP contribution in [0.4, 0.5) is 0 Å². The van der Waals surface area contributed by atoms with Gasteiger partial charge >= 0.3 is 0 Å². The molecule has 5 nitrogen and oxygen atoms in total. The number of fused-ring (bicyclic) bond motifs is 3. The van der Waals surface area contributed by atoms with Crippen molar-refractivity contribution < 1.29 is 4.74 Å². The van der Waals surface area contributed by atoms with Gasteiger partial charge in [-0.05, 0) is 98.0 Å². The third kappa shape index (κ3) is 6.52. The first-order valence-corrected chi connectivity index (χ1v) is 18.8. The molecule has 0 aliphatic heterocycles. The van der Waals surface area contributed by atoms with Gasteiger partial charge in [-0.25, -0.2) is 9.67 Å². The first-order chi connectivity index (χ1) is 24.2. The maximum absolute atomic E-state index is 6.86. The number of hydrogen-bond acceptors (Lipinski definition) is 3. The van der Waals surface area contributed by atoms with E-state index in [2.05, 4.69) is 157 Å². The maximum Gasteiger partial charge on any atom is 0.137 e. The maximum atomic E-state index is 6.86. The summed E-state index contributed by atoms with van der Waals surface area (Å²) in [5.41, 5.74) is 10.8. The molecular formula is C46H54N4O. The van der Waals surface area contributed by atoms with Gasteiger partial charge in [0.1, 0.15) is 17.3 Å².